The first-order valence-electron chi connectivity index (χ1n) is 4.34. The average Bonchev–Trinajstić information content (AvgIpc) is 2.12. The molecule has 0 bridgehead atoms. The van der Waals surface area contributed by atoms with Crippen molar-refractivity contribution in [2.24, 2.45) is 0 Å². The SMILES string of the molecule is CC[NH+](CC)CCOC(=O)CS. The van der Waals surface area contributed by atoms with E-state index in [0.29, 0.717) is 6.61 Å². The first-order chi connectivity index (χ1) is 5.74. The molecule has 12 heavy (non-hydrogen) atoms. The van der Waals surface area contributed by atoms with Crippen molar-refractivity contribution in [3.8, 4) is 0 Å². The van der Waals surface area contributed by atoms with Crippen LogP contribution in [0, 0.1) is 0 Å². The van der Waals surface area contributed by atoms with Crippen LogP contribution in [0.25, 0.3) is 0 Å². The number of ether oxygens (including phenoxy) is 1. The van der Waals surface area contributed by atoms with Crippen LogP contribution in [0.15, 0.2) is 0 Å². The summed E-state index contributed by atoms with van der Waals surface area (Å²) in [6.45, 7) is 7.81. The van der Waals surface area contributed by atoms with E-state index in [0.717, 1.165) is 19.6 Å². The molecule has 0 saturated carbocycles. The molecular weight excluding hydrogens is 174 g/mol. The van der Waals surface area contributed by atoms with E-state index in [-0.39, 0.29) is 11.7 Å². The minimum Gasteiger partial charge on any atom is -0.459 e. The van der Waals surface area contributed by atoms with Crippen molar-refractivity contribution >= 4 is 18.6 Å². The highest BCUT2D eigenvalue weighted by molar-refractivity contribution is 7.81. The normalized spacial score (nSPS) is 10.3. The van der Waals surface area contributed by atoms with Crippen molar-refractivity contribution in [1.82, 2.24) is 0 Å². The minimum absolute atomic E-state index is 0.174. The number of esters is 1. The van der Waals surface area contributed by atoms with Crippen LogP contribution < -0.4 is 4.90 Å². The molecule has 3 nitrogen and oxygen atoms in total. The number of carbonyl (C=O) groups is 1. The van der Waals surface area contributed by atoms with Gasteiger partial charge in [0, 0.05) is 0 Å². The molecule has 0 aromatic rings. The van der Waals surface area contributed by atoms with E-state index in [1.807, 2.05) is 0 Å². The summed E-state index contributed by atoms with van der Waals surface area (Å²) in [6, 6.07) is 0. The summed E-state index contributed by atoms with van der Waals surface area (Å²) < 4.78 is 4.89. The minimum atomic E-state index is -0.232. The van der Waals surface area contributed by atoms with E-state index in [1.54, 1.807) is 0 Å². The van der Waals surface area contributed by atoms with E-state index < -0.39 is 0 Å². The van der Waals surface area contributed by atoms with Crippen LogP contribution in [0.1, 0.15) is 13.8 Å². The van der Waals surface area contributed by atoms with Gasteiger partial charge in [0.1, 0.15) is 13.2 Å². The summed E-state index contributed by atoms with van der Waals surface area (Å²) >= 11 is 3.80. The molecule has 0 aromatic carbocycles. The lowest BCUT2D eigenvalue weighted by molar-refractivity contribution is -0.896. The Kier molecular flexibility index (Phi) is 7.29. The molecule has 0 rings (SSSR count). The van der Waals surface area contributed by atoms with Gasteiger partial charge in [0.2, 0.25) is 0 Å². The van der Waals surface area contributed by atoms with Crippen molar-refractivity contribution in [2.75, 3.05) is 32.0 Å². The smallest absolute Gasteiger partial charge is 0.315 e. The molecule has 4 heteroatoms. The summed E-state index contributed by atoms with van der Waals surface area (Å²) in [5.74, 6) is -0.0574. The van der Waals surface area contributed by atoms with Crippen molar-refractivity contribution in [1.29, 1.82) is 0 Å². The average molecular weight is 192 g/mol. The summed E-state index contributed by atoms with van der Waals surface area (Å²) in [4.78, 5) is 12.1. The van der Waals surface area contributed by atoms with Crippen LogP contribution in [0.2, 0.25) is 0 Å². The van der Waals surface area contributed by atoms with Gasteiger partial charge in [-0.3, -0.25) is 4.79 Å². The molecule has 0 aromatic heterocycles. The lowest BCUT2D eigenvalue weighted by Crippen LogP contribution is -3.11. The van der Waals surface area contributed by atoms with Gasteiger partial charge in [-0.05, 0) is 13.8 Å². The predicted molar refractivity (Wildman–Crippen MR) is 51.7 cm³/mol. The molecule has 0 aliphatic heterocycles. The zero-order valence-electron chi connectivity index (χ0n) is 7.80. The fourth-order valence-corrected chi connectivity index (χ4v) is 1.05. The topological polar surface area (TPSA) is 30.7 Å². The van der Waals surface area contributed by atoms with Gasteiger partial charge in [-0.15, -0.1) is 0 Å². The Balaban J connectivity index is 3.34. The van der Waals surface area contributed by atoms with Gasteiger partial charge in [-0.25, -0.2) is 0 Å². The van der Waals surface area contributed by atoms with Gasteiger partial charge in [-0.2, -0.15) is 12.6 Å². The van der Waals surface area contributed by atoms with Gasteiger partial charge in [0.15, 0.2) is 0 Å². The molecule has 0 aliphatic carbocycles. The summed E-state index contributed by atoms with van der Waals surface area (Å²) in [5, 5.41) is 0. The number of nitrogens with one attached hydrogen (secondary N) is 1. The van der Waals surface area contributed by atoms with E-state index in [9.17, 15) is 4.79 Å². The van der Waals surface area contributed by atoms with Crippen molar-refractivity contribution < 1.29 is 14.4 Å². The number of thiol groups is 1. The van der Waals surface area contributed by atoms with Gasteiger partial charge >= 0.3 is 5.97 Å². The molecule has 0 heterocycles. The predicted octanol–water partition coefficient (Wildman–Crippen LogP) is -0.616. The Bertz CT molecular complexity index is 126. The lowest BCUT2D eigenvalue weighted by atomic mass is 10.5. The van der Waals surface area contributed by atoms with Gasteiger partial charge < -0.3 is 9.64 Å². The third kappa shape index (κ3) is 5.43. The summed E-state index contributed by atoms with van der Waals surface area (Å²) in [5.41, 5.74) is 0. The third-order valence-electron chi connectivity index (χ3n) is 1.85. The first-order valence-corrected chi connectivity index (χ1v) is 4.97. The number of rotatable bonds is 6. The number of hydrogen-bond acceptors (Lipinski definition) is 3. The monoisotopic (exact) mass is 192 g/mol. The molecule has 0 unspecified atom stereocenters. The highest BCUT2D eigenvalue weighted by Crippen LogP contribution is 1.79. The Hall–Kier alpha value is -0.220. The van der Waals surface area contributed by atoms with Gasteiger partial charge in [-0.1, -0.05) is 0 Å². The number of carbonyl (C=O) groups excluding carboxylic acids is 1. The molecule has 1 N–H and O–H groups in total. The fourth-order valence-electron chi connectivity index (χ4n) is 0.958. The molecule has 0 atom stereocenters. The highest BCUT2D eigenvalue weighted by Gasteiger charge is 2.04. The van der Waals surface area contributed by atoms with Crippen LogP contribution in [-0.4, -0.2) is 38.0 Å². The largest absolute Gasteiger partial charge is 0.459 e. The summed E-state index contributed by atoms with van der Waals surface area (Å²) in [7, 11) is 0. The second-order valence-corrected chi connectivity index (χ2v) is 2.90. The summed E-state index contributed by atoms with van der Waals surface area (Å²) in [6.07, 6.45) is 0. The van der Waals surface area contributed by atoms with Gasteiger partial charge in [0.25, 0.3) is 0 Å². The zero-order chi connectivity index (χ0) is 9.40. The third-order valence-corrected chi connectivity index (χ3v) is 2.11. The fraction of sp³-hybridized carbons (Fsp3) is 0.875. The van der Waals surface area contributed by atoms with Crippen LogP contribution in [-0.2, 0) is 9.53 Å². The second kappa shape index (κ2) is 7.43. The molecule has 0 radical (unpaired) electrons. The van der Waals surface area contributed by atoms with Crippen molar-refractivity contribution in [3.05, 3.63) is 0 Å². The van der Waals surface area contributed by atoms with Crippen LogP contribution in [0.4, 0.5) is 0 Å². The molecule has 0 fully saturated rings. The molecule has 0 aliphatic rings. The maximum atomic E-state index is 10.7. The van der Waals surface area contributed by atoms with Crippen LogP contribution in [0.5, 0.6) is 0 Å². The van der Waals surface area contributed by atoms with Crippen LogP contribution >= 0.6 is 12.6 Å². The van der Waals surface area contributed by atoms with E-state index in [1.165, 1.54) is 4.90 Å². The van der Waals surface area contributed by atoms with E-state index >= 15 is 0 Å². The molecular formula is C8H18NO2S+. The number of quaternary nitrogens is 1. The Morgan fingerprint density at radius 1 is 1.42 bits per heavy atom. The second-order valence-electron chi connectivity index (χ2n) is 2.59. The quantitative estimate of drug-likeness (QED) is 0.434. The maximum absolute atomic E-state index is 10.7. The maximum Gasteiger partial charge on any atom is 0.315 e. The Morgan fingerprint density at radius 2 is 2.00 bits per heavy atom. The molecule has 0 amide bonds. The Labute approximate surface area is 79.5 Å². The lowest BCUT2D eigenvalue weighted by Gasteiger charge is -2.14. The molecule has 0 spiro atoms. The standard InChI is InChI=1S/C8H17NO2S/c1-3-9(4-2)5-6-11-8(10)7-12/h12H,3-7H2,1-2H3/p+1. The van der Waals surface area contributed by atoms with Gasteiger partial charge in [0.05, 0.1) is 18.8 Å². The molecule has 72 valence electrons. The van der Waals surface area contributed by atoms with Crippen LogP contribution in [0.3, 0.4) is 0 Å². The van der Waals surface area contributed by atoms with E-state index in [2.05, 4.69) is 26.5 Å². The Morgan fingerprint density at radius 3 is 2.42 bits per heavy atom. The number of likely N-dealkylation sites (N-methyl/N-ethyl adjacent to an activating group) is 1. The van der Waals surface area contributed by atoms with Crippen molar-refractivity contribution in [2.45, 2.75) is 13.8 Å². The van der Waals surface area contributed by atoms with Crippen molar-refractivity contribution in [3.63, 3.8) is 0 Å². The number of hydrogen-bond donors (Lipinski definition) is 2. The first kappa shape index (κ1) is 11.8. The van der Waals surface area contributed by atoms with E-state index in [4.69, 9.17) is 4.74 Å². The highest BCUT2D eigenvalue weighted by atomic mass is 32.1. The molecule has 0 saturated heterocycles. The zero-order valence-corrected chi connectivity index (χ0v) is 8.69.